The van der Waals surface area contributed by atoms with Gasteiger partial charge in [0, 0.05) is 37.7 Å². The summed E-state index contributed by atoms with van der Waals surface area (Å²) in [5.74, 6) is -0.282. The van der Waals surface area contributed by atoms with Crippen molar-refractivity contribution in [2.75, 3.05) is 26.7 Å². The number of amides is 1. The third-order valence-electron chi connectivity index (χ3n) is 7.33. The lowest BCUT2D eigenvalue weighted by Crippen LogP contribution is -2.37. The van der Waals surface area contributed by atoms with Gasteiger partial charge in [0.25, 0.3) is 5.91 Å². The minimum atomic E-state index is -0.795. The summed E-state index contributed by atoms with van der Waals surface area (Å²) in [6.07, 6.45) is 7.78. The van der Waals surface area contributed by atoms with Gasteiger partial charge in [0.15, 0.2) is 0 Å². The van der Waals surface area contributed by atoms with Crippen molar-refractivity contribution < 1.29 is 14.7 Å². The number of hydrogen-bond acceptors (Lipinski definition) is 6. The van der Waals surface area contributed by atoms with E-state index in [0.29, 0.717) is 42.8 Å². The maximum Gasteiger partial charge on any atom is 0.303 e. The Kier molecular flexibility index (Phi) is 7.77. The fraction of sp³-hybridized carbons (Fsp3) is 0.367. The summed E-state index contributed by atoms with van der Waals surface area (Å²) in [4.78, 5) is 36.1. The summed E-state index contributed by atoms with van der Waals surface area (Å²) >= 11 is 0. The third-order valence-corrected chi connectivity index (χ3v) is 7.33. The second kappa shape index (κ2) is 11.5. The number of nitrogens with zero attached hydrogens (tertiary/aromatic N) is 5. The number of allylic oxidation sites excluding steroid dienone is 1. The first-order valence-corrected chi connectivity index (χ1v) is 13.3. The number of likely N-dealkylation sites (tertiary alicyclic amines) is 1. The molecule has 3 heterocycles. The molecule has 0 unspecified atom stereocenters. The molecule has 5 rings (SSSR count). The number of unbranched alkanes of at least 4 members (excludes halogenated alkanes) is 1. The molecule has 1 fully saturated rings. The molecule has 0 radical (unpaired) electrons. The maximum atomic E-state index is 13.4. The molecule has 1 aromatic heterocycles. The lowest BCUT2D eigenvalue weighted by atomic mass is 9.89. The molecular formula is C30H33N5O3. The Balaban J connectivity index is 1.36. The van der Waals surface area contributed by atoms with Crippen molar-refractivity contribution in [2.24, 2.45) is 5.10 Å². The smallest absolute Gasteiger partial charge is 0.303 e. The normalized spacial score (nSPS) is 16.1. The standard InChI is InChI=1S/C30H33N5O3/c1-34-16-13-24(20-31-34)29-26(9-5-6-10-28(36)37)32-27-19-23(11-12-25(27)33-29)30(38)35-17-14-22(15-18-35)21-7-3-2-4-8-21/h2-4,7-8,11-13,19-20,22H,5-6,9-10,14-18H2,1H3,(H,36,37). The number of carbonyl (C=O) groups is 2. The van der Waals surface area contributed by atoms with Crippen LogP contribution >= 0.6 is 0 Å². The molecule has 1 saturated heterocycles. The van der Waals surface area contributed by atoms with Gasteiger partial charge in [-0.3, -0.25) is 14.6 Å². The van der Waals surface area contributed by atoms with Crippen LogP contribution in [0.15, 0.2) is 59.7 Å². The van der Waals surface area contributed by atoms with Gasteiger partial charge >= 0.3 is 5.97 Å². The molecule has 0 bridgehead atoms. The van der Waals surface area contributed by atoms with Gasteiger partial charge in [0.2, 0.25) is 0 Å². The van der Waals surface area contributed by atoms with E-state index in [1.54, 1.807) is 6.21 Å². The van der Waals surface area contributed by atoms with E-state index >= 15 is 0 Å². The Morgan fingerprint density at radius 2 is 1.79 bits per heavy atom. The number of carbonyl (C=O) groups excluding carboxylic acids is 1. The number of hydrazone groups is 1. The molecule has 2 aromatic carbocycles. The predicted octanol–water partition coefficient (Wildman–Crippen LogP) is 4.76. The summed E-state index contributed by atoms with van der Waals surface area (Å²) in [5, 5.41) is 15.2. The van der Waals surface area contributed by atoms with Crippen LogP contribution < -0.4 is 0 Å². The maximum absolute atomic E-state index is 13.4. The zero-order chi connectivity index (χ0) is 26.5. The quantitative estimate of drug-likeness (QED) is 0.438. The van der Waals surface area contributed by atoms with Crippen LogP contribution in [0.3, 0.4) is 0 Å². The minimum absolute atomic E-state index is 0.0254. The highest BCUT2D eigenvalue weighted by Gasteiger charge is 2.25. The van der Waals surface area contributed by atoms with Crippen LogP contribution in [0.4, 0.5) is 0 Å². The Morgan fingerprint density at radius 3 is 2.50 bits per heavy atom. The number of piperidine rings is 1. The molecule has 1 amide bonds. The summed E-state index contributed by atoms with van der Waals surface area (Å²) in [5.41, 5.74) is 5.85. The molecule has 2 aliphatic rings. The van der Waals surface area contributed by atoms with Crippen LogP contribution in [0.2, 0.25) is 0 Å². The Labute approximate surface area is 222 Å². The summed E-state index contributed by atoms with van der Waals surface area (Å²) in [7, 11) is 1.91. The number of rotatable bonds is 8. The van der Waals surface area contributed by atoms with E-state index < -0.39 is 5.97 Å². The molecule has 8 heteroatoms. The lowest BCUT2D eigenvalue weighted by molar-refractivity contribution is -0.137. The third kappa shape index (κ3) is 5.90. The first-order valence-electron chi connectivity index (χ1n) is 13.3. The van der Waals surface area contributed by atoms with Crippen LogP contribution in [-0.4, -0.2) is 69.8 Å². The molecule has 0 atom stereocenters. The van der Waals surface area contributed by atoms with Crippen molar-refractivity contribution in [3.8, 4) is 0 Å². The number of aryl methyl sites for hydroxylation is 1. The number of benzene rings is 2. The van der Waals surface area contributed by atoms with Crippen molar-refractivity contribution >= 4 is 34.7 Å². The van der Waals surface area contributed by atoms with E-state index in [-0.39, 0.29) is 12.3 Å². The van der Waals surface area contributed by atoms with Crippen molar-refractivity contribution in [2.45, 2.75) is 44.4 Å². The molecule has 3 aromatic rings. The van der Waals surface area contributed by atoms with Gasteiger partial charge in [-0.15, -0.1) is 0 Å². The highest BCUT2D eigenvalue weighted by molar-refractivity contribution is 6.10. The number of aliphatic carboxylic acids is 1. The van der Waals surface area contributed by atoms with Crippen molar-refractivity contribution in [1.29, 1.82) is 0 Å². The predicted molar refractivity (Wildman–Crippen MR) is 148 cm³/mol. The molecule has 0 saturated carbocycles. The number of carboxylic acids is 1. The molecule has 0 aliphatic carbocycles. The van der Waals surface area contributed by atoms with E-state index in [9.17, 15) is 9.59 Å². The van der Waals surface area contributed by atoms with Crippen LogP contribution in [-0.2, 0) is 11.2 Å². The zero-order valence-corrected chi connectivity index (χ0v) is 21.7. The van der Waals surface area contributed by atoms with Gasteiger partial charge in [0.05, 0.1) is 35.2 Å². The number of fused-ring (bicyclic) bond motifs is 1. The van der Waals surface area contributed by atoms with E-state index in [2.05, 4.69) is 35.4 Å². The fourth-order valence-electron chi connectivity index (χ4n) is 5.17. The van der Waals surface area contributed by atoms with Gasteiger partial charge < -0.3 is 10.0 Å². The first-order chi connectivity index (χ1) is 18.5. The molecule has 8 nitrogen and oxygen atoms in total. The van der Waals surface area contributed by atoms with Crippen LogP contribution in [0.1, 0.15) is 65.3 Å². The molecular weight excluding hydrogens is 478 g/mol. The molecule has 38 heavy (non-hydrogen) atoms. The van der Waals surface area contributed by atoms with E-state index in [1.165, 1.54) is 5.56 Å². The average Bonchev–Trinajstić information content (AvgIpc) is 2.95. The summed E-state index contributed by atoms with van der Waals surface area (Å²) in [6, 6.07) is 16.1. The van der Waals surface area contributed by atoms with Crippen molar-refractivity contribution in [3.63, 3.8) is 0 Å². The molecule has 196 valence electrons. The first kappa shape index (κ1) is 25.6. The topological polar surface area (TPSA) is 99.0 Å². The zero-order valence-electron chi connectivity index (χ0n) is 21.7. The number of aromatic nitrogens is 2. The highest BCUT2D eigenvalue weighted by Crippen LogP contribution is 2.29. The second-order valence-corrected chi connectivity index (χ2v) is 10.0. The van der Waals surface area contributed by atoms with Gasteiger partial charge in [0.1, 0.15) is 0 Å². The number of hydrogen-bond donors (Lipinski definition) is 1. The van der Waals surface area contributed by atoms with Gasteiger partial charge in [-0.1, -0.05) is 36.4 Å². The van der Waals surface area contributed by atoms with Gasteiger partial charge in [-0.05, 0) is 61.8 Å². The molecule has 2 aliphatic heterocycles. The Hall–Kier alpha value is -4.07. The van der Waals surface area contributed by atoms with Crippen LogP contribution in [0.25, 0.3) is 16.6 Å². The van der Waals surface area contributed by atoms with Crippen molar-refractivity contribution in [1.82, 2.24) is 19.9 Å². The van der Waals surface area contributed by atoms with Crippen molar-refractivity contribution in [3.05, 3.63) is 77.1 Å². The fourth-order valence-corrected chi connectivity index (χ4v) is 5.17. The summed E-state index contributed by atoms with van der Waals surface area (Å²) in [6.45, 7) is 2.15. The SMILES string of the molecule is CN1CC=C(c2nc3ccc(C(=O)N4CCC(c5ccccc5)CC4)cc3nc2CCCCC(=O)O)C=N1. The minimum Gasteiger partial charge on any atom is -0.481 e. The second-order valence-electron chi connectivity index (χ2n) is 10.0. The van der Waals surface area contributed by atoms with E-state index in [4.69, 9.17) is 15.1 Å². The molecule has 0 spiro atoms. The van der Waals surface area contributed by atoms with Gasteiger partial charge in [-0.25, -0.2) is 9.97 Å². The molecule has 1 N–H and O–H groups in total. The number of carboxylic acid groups (broad SMARTS) is 1. The average molecular weight is 512 g/mol. The Morgan fingerprint density at radius 1 is 1.00 bits per heavy atom. The highest BCUT2D eigenvalue weighted by atomic mass is 16.4. The van der Waals surface area contributed by atoms with E-state index in [0.717, 1.165) is 48.4 Å². The van der Waals surface area contributed by atoms with E-state index in [1.807, 2.05) is 41.2 Å². The summed E-state index contributed by atoms with van der Waals surface area (Å²) < 4.78 is 0. The Bertz CT molecular complexity index is 1380. The monoisotopic (exact) mass is 511 g/mol. The largest absolute Gasteiger partial charge is 0.481 e. The van der Waals surface area contributed by atoms with Crippen LogP contribution in [0.5, 0.6) is 0 Å². The number of likely N-dealkylation sites (N-methyl/N-ethyl adjacent to an activating group) is 1. The lowest BCUT2D eigenvalue weighted by Gasteiger charge is -2.32. The van der Waals surface area contributed by atoms with Crippen LogP contribution in [0, 0.1) is 0 Å². The van der Waals surface area contributed by atoms with Gasteiger partial charge in [-0.2, -0.15) is 5.10 Å².